The molecule has 0 saturated heterocycles. The third-order valence-corrected chi connectivity index (χ3v) is 5.27. The summed E-state index contributed by atoms with van der Waals surface area (Å²) >= 11 is 0. The second kappa shape index (κ2) is 10.5. The van der Waals surface area contributed by atoms with Crippen LogP contribution in [0.1, 0.15) is 71.9 Å². The molecule has 0 spiro atoms. The highest BCUT2D eigenvalue weighted by Gasteiger charge is 2.30. The van der Waals surface area contributed by atoms with Crippen LogP contribution in [0.25, 0.3) is 0 Å². The Labute approximate surface area is 185 Å². The van der Waals surface area contributed by atoms with Crippen molar-refractivity contribution in [3.05, 3.63) is 82.8 Å². The molecule has 0 aromatic heterocycles. The maximum atomic E-state index is 14.5. The van der Waals surface area contributed by atoms with E-state index in [2.05, 4.69) is 54.7 Å². The third kappa shape index (κ3) is 7.83. The molecule has 0 fully saturated rings. The van der Waals surface area contributed by atoms with Crippen molar-refractivity contribution in [1.82, 2.24) is 0 Å². The molecule has 1 atom stereocenters. The van der Waals surface area contributed by atoms with Crippen molar-refractivity contribution < 1.29 is 17.6 Å². The van der Waals surface area contributed by atoms with Crippen LogP contribution in [-0.4, -0.2) is 6.67 Å². The largest absolute Gasteiger partial charge is 0.246 e. The SMILES string of the molecule is C=C(F)/C(C(=C)Cc1ccc(C(CC(C)(C)C)C(C)(C)C)cc1)=C(F)\C(F)=C(\C)CF. The van der Waals surface area contributed by atoms with E-state index in [0.717, 1.165) is 18.9 Å². The summed E-state index contributed by atoms with van der Waals surface area (Å²) in [5, 5.41) is 0. The lowest BCUT2D eigenvalue weighted by Gasteiger charge is -2.36. The van der Waals surface area contributed by atoms with Gasteiger partial charge in [0.15, 0.2) is 11.7 Å². The van der Waals surface area contributed by atoms with Crippen molar-refractivity contribution in [3.63, 3.8) is 0 Å². The first-order valence-corrected chi connectivity index (χ1v) is 10.5. The van der Waals surface area contributed by atoms with Gasteiger partial charge in [-0.2, -0.15) is 0 Å². The van der Waals surface area contributed by atoms with Gasteiger partial charge in [-0.3, -0.25) is 0 Å². The van der Waals surface area contributed by atoms with Crippen LogP contribution in [0.15, 0.2) is 71.6 Å². The Bertz CT molecular complexity index is 856. The standard InChI is InChI=1S/C27H36F4/c1-17(23(19(3)29)25(31)24(30)18(2)16-28)14-20-10-12-21(13-11-20)22(27(7,8)9)15-26(4,5)6/h10-13,22H,1,3,14-16H2,2,4-9H3/b24-18+,25-23+. The Morgan fingerprint density at radius 1 is 0.903 bits per heavy atom. The van der Waals surface area contributed by atoms with Gasteiger partial charge in [0, 0.05) is 0 Å². The van der Waals surface area contributed by atoms with Crippen molar-refractivity contribution in [1.29, 1.82) is 0 Å². The molecule has 0 N–H and O–H groups in total. The number of benzene rings is 1. The van der Waals surface area contributed by atoms with Crippen LogP contribution in [-0.2, 0) is 6.42 Å². The van der Waals surface area contributed by atoms with Gasteiger partial charge in [0.05, 0.1) is 5.57 Å². The van der Waals surface area contributed by atoms with Crippen LogP contribution >= 0.6 is 0 Å². The van der Waals surface area contributed by atoms with Crippen LogP contribution in [0.4, 0.5) is 17.6 Å². The summed E-state index contributed by atoms with van der Waals surface area (Å²) in [6.07, 6.45) is 1.13. The first-order valence-electron chi connectivity index (χ1n) is 10.5. The smallest absolute Gasteiger partial charge is 0.169 e. The number of hydrogen-bond acceptors (Lipinski definition) is 0. The lowest BCUT2D eigenvalue weighted by Crippen LogP contribution is -2.23. The summed E-state index contributed by atoms with van der Waals surface area (Å²) in [7, 11) is 0. The fourth-order valence-corrected chi connectivity index (χ4v) is 3.56. The molecule has 4 heteroatoms. The number of alkyl halides is 1. The molecule has 1 rings (SSSR count). The molecule has 0 aliphatic heterocycles. The second-order valence-electron chi connectivity index (χ2n) is 10.5. The number of allylic oxidation sites excluding steroid dienone is 6. The van der Waals surface area contributed by atoms with E-state index in [-0.39, 0.29) is 22.8 Å². The monoisotopic (exact) mass is 436 g/mol. The number of rotatable bonds is 8. The van der Waals surface area contributed by atoms with Gasteiger partial charge < -0.3 is 0 Å². The van der Waals surface area contributed by atoms with E-state index in [1.165, 1.54) is 5.56 Å². The van der Waals surface area contributed by atoms with Crippen molar-refractivity contribution in [2.45, 2.75) is 67.2 Å². The highest BCUT2D eigenvalue weighted by atomic mass is 19.2. The molecule has 172 valence electrons. The quantitative estimate of drug-likeness (QED) is 0.281. The maximum absolute atomic E-state index is 14.5. The fourth-order valence-electron chi connectivity index (χ4n) is 3.56. The van der Waals surface area contributed by atoms with Crippen molar-refractivity contribution in [2.75, 3.05) is 6.67 Å². The Morgan fingerprint density at radius 3 is 1.81 bits per heavy atom. The molecule has 0 amide bonds. The first kappa shape index (κ1) is 26.9. The minimum absolute atomic E-state index is 0.0432. The van der Waals surface area contributed by atoms with E-state index in [1.807, 2.05) is 24.3 Å². The summed E-state index contributed by atoms with van der Waals surface area (Å²) in [4.78, 5) is 0. The van der Waals surface area contributed by atoms with E-state index in [4.69, 9.17) is 0 Å². The predicted molar refractivity (Wildman–Crippen MR) is 124 cm³/mol. The van der Waals surface area contributed by atoms with Gasteiger partial charge in [0.25, 0.3) is 0 Å². The molecule has 0 nitrogen and oxygen atoms in total. The van der Waals surface area contributed by atoms with Crippen LogP contribution in [0.2, 0.25) is 0 Å². The average Bonchev–Trinajstić information content (AvgIpc) is 2.63. The second-order valence-corrected chi connectivity index (χ2v) is 10.5. The minimum Gasteiger partial charge on any atom is -0.246 e. The van der Waals surface area contributed by atoms with Gasteiger partial charge in [-0.15, -0.1) is 0 Å². The zero-order valence-corrected chi connectivity index (χ0v) is 19.9. The van der Waals surface area contributed by atoms with Crippen molar-refractivity contribution in [2.24, 2.45) is 10.8 Å². The highest BCUT2D eigenvalue weighted by Crippen LogP contribution is 2.43. The summed E-state index contributed by atoms with van der Waals surface area (Å²) in [5.74, 6) is -3.68. The highest BCUT2D eigenvalue weighted by molar-refractivity contribution is 5.50. The van der Waals surface area contributed by atoms with Crippen LogP contribution in [0.5, 0.6) is 0 Å². The summed E-state index contributed by atoms with van der Waals surface area (Å²) in [6, 6.07) is 7.86. The fraction of sp³-hybridized carbons (Fsp3) is 0.481. The van der Waals surface area contributed by atoms with E-state index < -0.39 is 35.3 Å². The van der Waals surface area contributed by atoms with Gasteiger partial charge >= 0.3 is 0 Å². The molecule has 0 radical (unpaired) electrons. The summed E-state index contributed by atoms with van der Waals surface area (Å²) in [6.45, 7) is 20.1. The van der Waals surface area contributed by atoms with Crippen LogP contribution in [0, 0.1) is 10.8 Å². The molecular formula is C27H36F4. The Balaban J connectivity index is 3.21. The summed E-state index contributed by atoms with van der Waals surface area (Å²) in [5.41, 5.74) is 1.17. The third-order valence-electron chi connectivity index (χ3n) is 5.27. The van der Waals surface area contributed by atoms with Crippen LogP contribution < -0.4 is 0 Å². The zero-order valence-electron chi connectivity index (χ0n) is 19.9. The van der Waals surface area contributed by atoms with E-state index >= 15 is 0 Å². The normalized spacial score (nSPS) is 15.2. The lowest BCUT2D eigenvalue weighted by molar-refractivity contribution is 0.229. The van der Waals surface area contributed by atoms with Gasteiger partial charge in [-0.25, -0.2) is 17.6 Å². The Morgan fingerprint density at radius 2 is 1.42 bits per heavy atom. The Kier molecular flexibility index (Phi) is 9.10. The van der Waals surface area contributed by atoms with Crippen molar-refractivity contribution >= 4 is 0 Å². The zero-order chi connectivity index (χ0) is 24.1. The Hall–Kier alpha value is -2.10. The molecule has 31 heavy (non-hydrogen) atoms. The number of halogens is 4. The van der Waals surface area contributed by atoms with Gasteiger partial charge in [-0.1, -0.05) is 79.0 Å². The predicted octanol–water partition coefficient (Wildman–Crippen LogP) is 9.27. The maximum Gasteiger partial charge on any atom is 0.169 e. The molecule has 0 bridgehead atoms. The van der Waals surface area contributed by atoms with Gasteiger partial charge in [-0.05, 0) is 58.8 Å². The molecular weight excluding hydrogens is 400 g/mol. The first-order chi connectivity index (χ1) is 14.1. The van der Waals surface area contributed by atoms with Crippen molar-refractivity contribution in [3.8, 4) is 0 Å². The molecule has 1 aromatic carbocycles. The topological polar surface area (TPSA) is 0 Å². The van der Waals surface area contributed by atoms with E-state index in [9.17, 15) is 17.6 Å². The van der Waals surface area contributed by atoms with Gasteiger partial charge in [0.1, 0.15) is 12.5 Å². The van der Waals surface area contributed by atoms with E-state index in [1.54, 1.807) is 0 Å². The lowest BCUT2D eigenvalue weighted by atomic mass is 9.69. The number of hydrogen-bond donors (Lipinski definition) is 0. The molecule has 0 saturated carbocycles. The molecule has 1 aromatic rings. The summed E-state index contributed by atoms with van der Waals surface area (Å²) < 4.78 is 55.1. The van der Waals surface area contributed by atoms with Crippen LogP contribution in [0.3, 0.4) is 0 Å². The van der Waals surface area contributed by atoms with Gasteiger partial charge in [0.2, 0.25) is 0 Å². The molecule has 1 unspecified atom stereocenters. The average molecular weight is 437 g/mol. The molecule has 0 heterocycles. The molecule has 0 aliphatic rings. The molecule has 0 aliphatic carbocycles. The minimum atomic E-state index is -1.47. The van der Waals surface area contributed by atoms with E-state index in [0.29, 0.717) is 5.92 Å².